The van der Waals surface area contributed by atoms with E-state index in [9.17, 15) is 14.3 Å². The first kappa shape index (κ1) is 13.0. The zero-order valence-corrected chi connectivity index (χ0v) is 10.4. The molecule has 19 heavy (non-hydrogen) atoms. The van der Waals surface area contributed by atoms with E-state index in [4.69, 9.17) is 5.11 Å². The van der Waals surface area contributed by atoms with E-state index in [1.54, 1.807) is 6.92 Å². The van der Waals surface area contributed by atoms with Gasteiger partial charge < -0.3 is 10.2 Å². The van der Waals surface area contributed by atoms with Gasteiger partial charge in [0.05, 0.1) is 5.69 Å². The molecule has 0 aliphatic carbocycles. The number of rotatable bonds is 2. The van der Waals surface area contributed by atoms with E-state index >= 15 is 0 Å². The Morgan fingerprint density at radius 1 is 1.26 bits per heavy atom. The van der Waals surface area contributed by atoms with Gasteiger partial charge in [0, 0.05) is 11.8 Å². The van der Waals surface area contributed by atoms with E-state index in [-0.39, 0.29) is 28.4 Å². The average molecular weight is 261 g/mol. The molecule has 5 heteroatoms. The Bertz CT molecular complexity index is 668. The molecule has 2 rings (SSSR count). The fourth-order valence-electron chi connectivity index (χ4n) is 1.98. The van der Waals surface area contributed by atoms with E-state index < -0.39 is 5.97 Å². The van der Waals surface area contributed by atoms with E-state index in [1.165, 1.54) is 31.3 Å². The van der Waals surface area contributed by atoms with Crippen LogP contribution in [0.4, 0.5) is 4.39 Å². The highest BCUT2D eigenvalue weighted by atomic mass is 19.1. The molecule has 1 aromatic carbocycles. The highest BCUT2D eigenvalue weighted by Crippen LogP contribution is 2.34. The fourth-order valence-corrected chi connectivity index (χ4v) is 1.98. The number of aromatic carboxylic acids is 1. The van der Waals surface area contributed by atoms with Crippen LogP contribution in [0.5, 0.6) is 5.75 Å². The summed E-state index contributed by atoms with van der Waals surface area (Å²) in [7, 11) is 0. The number of halogens is 1. The number of carbonyl (C=O) groups is 1. The van der Waals surface area contributed by atoms with Crippen LogP contribution in [-0.2, 0) is 0 Å². The van der Waals surface area contributed by atoms with Gasteiger partial charge in [-0.3, -0.25) is 4.98 Å². The molecule has 0 saturated carbocycles. The van der Waals surface area contributed by atoms with Gasteiger partial charge in [0.15, 0.2) is 0 Å². The van der Waals surface area contributed by atoms with Crippen LogP contribution < -0.4 is 0 Å². The number of hydrogen-bond donors (Lipinski definition) is 2. The van der Waals surface area contributed by atoms with Crippen LogP contribution in [0.1, 0.15) is 21.6 Å². The summed E-state index contributed by atoms with van der Waals surface area (Å²) >= 11 is 0. The van der Waals surface area contributed by atoms with E-state index in [0.717, 1.165) is 0 Å². The molecule has 1 aromatic heterocycles. The summed E-state index contributed by atoms with van der Waals surface area (Å²) in [6, 6.07) is 4.06. The van der Waals surface area contributed by atoms with Crippen LogP contribution in [0.25, 0.3) is 11.1 Å². The summed E-state index contributed by atoms with van der Waals surface area (Å²) in [4.78, 5) is 15.1. The van der Waals surface area contributed by atoms with Crippen molar-refractivity contribution in [2.24, 2.45) is 0 Å². The molecule has 0 atom stereocenters. The first-order valence-electron chi connectivity index (χ1n) is 5.60. The summed E-state index contributed by atoms with van der Waals surface area (Å²) in [5, 5.41) is 19.1. The minimum atomic E-state index is -1.25. The SMILES string of the molecule is Cc1cc(F)ccc1-c1cnc(C)c(C(=O)O)c1O. The topological polar surface area (TPSA) is 70.4 Å². The van der Waals surface area contributed by atoms with Crippen molar-refractivity contribution in [1.82, 2.24) is 4.98 Å². The van der Waals surface area contributed by atoms with E-state index in [2.05, 4.69) is 4.98 Å². The van der Waals surface area contributed by atoms with Gasteiger partial charge in [-0.2, -0.15) is 0 Å². The Kier molecular flexibility index (Phi) is 3.21. The van der Waals surface area contributed by atoms with Crippen LogP contribution in [0.3, 0.4) is 0 Å². The largest absolute Gasteiger partial charge is 0.506 e. The van der Waals surface area contributed by atoms with Crippen molar-refractivity contribution in [2.75, 3.05) is 0 Å². The van der Waals surface area contributed by atoms with E-state index in [0.29, 0.717) is 11.1 Å². The number of aromatic hydroxyl groups is 1. The second-order valence-corrected chi connectivity index (χ2v) is 4.25. The molecule has 0 bridgehead atoms. The van der Waals surface area contributed by atoms with Gasteiger partial charge in [-0.05, 0) is 37.1 Å². The first-order valence-corrected chi connectivity index (χ1v) is 5.60. The monoisotopic (exact) mass is 261 g/mol. The van der Waals surface area contributed by atoms with Gasteiger partial charge >= 0.3 is 5.97 Å². The molecule has 0 spiro atoms. The number of carboxylic acid groups (broad SMARTS) is 1. The zero-order valence-electron chi connectivity index (χ0n) is 10.4. The lowest BCUT2D eigenvalue weighted by Gasteiger charge is -2.11. The lowest BCUT2D eigenvalue weighted by molar-refractivity contribution is 0.0692. The Balaban J connectivity index is 2.70. The number of pyridine rings is 1. The summed E-state index contributed by atoms with van der Waals surface area (Å²) in [6.45, 7) is 3.18. The maximum atomic E-state index is 13.1. The molecular formula is C14H12FNO3. The molecule has 0 saturated heterocycles. The highest BCUT2D eigenvalue weighted by molar-refractivity contribution is 5.95. The molecular weight excluding hydrogens is 249 g/mol. The second-order valence-electron chi connectivity index (χ2n) is 4.25. The Labute approximate surface area is 109 Å². The second kappa shape index (κ2) is 4.68. The van der Waals surface area contributed by atoms with Crippen LogP contribution in [-0.4, -0.2) is 21.2 Å². The van der Waals surface area contributed by atoms with Crippen molar-refractivity contribution in [3.63, 3.8) is 0 Å². The Morgan fingerprint density at radius 2 is 1.95 bits per heavy atom. The maximum absolute atomic E-state index is 13.1. The molecule has 1 heterocycles. The smallest absolute Gasteiger partial charge is 0.341 e. The van der Waals surface area contributed by atoms with Gasteiger partial charge in [-0.15, -0.1) is 0 Å². The molecule has 2 N–H and O–H groups in total. The van der Waals surface area contributed by atoms with E-state index in [1.807, 2.05) is 0 Å². The van der Waals surface area contributed by atoms with Crippen molar-refractivity contribution in [3.8, 4) is 16.9 Å². The van der Waals surface area contributed by atoms with Crippen molar-refractivity contribution in [1.29, 1.82) is 0 Å². The van der Waals surface area contributed by atoms with Crippen molar-refractivity contribution in [2.45, 2.75) is 13.8 Å². The third-order valence-electron chi connectivity index (χ3n) is 2.93. The molecule has 4 nitrogen and oxygen atoms in total. The number of aryl methyl sites for hydroxylation is 2. The molecule has 0 fully saturated rings. The molecule has 98 valence electrons. The molecule has 2 aromatic rings. The average Bonchev–Trinajstić information content (AvgIpc) is 2.30. The van der Waals surface area contributed by atoms with Gasteiger partial charge in [-0.1, -0.05) is 6.07 Å². The predicted octanol–water partition coefficient (Wildman–Crippen LogP) is 2.91. The quantitative estimate of drug-likeness (QED) is 0.872. The maximum Gasteiger partial charge on any atom is 0.341 e. The minimum Gasteiger partial charge on any atom is -0.506 e. The highest BCUT2D eigenvalue weighted by Gasteiger charge is 2.19. The zero-order chi connectivity index (χ0) is 14.2. The normalized spacial score (nSPS) is 10.5. The van der Waals surface area contributed by atoms with Crippen LogP contribution in [0.15, 0.2) is 24.4 Å². The standard InChI is InChI=1S/C14H12FNO3/c1-7-5-9(15)3-4-10(7)11-6-16-8(2)12(13(11)17)14(18)19/h3-6H,1-2H3,(H,16,17)(H,18,19). The molecule has 0 radical (unpaired) electrons. The molecule has 0 aliphatic heterocycles. The fraction of sp³-hybridized carbons (Fsp3) is 0.143. The summed E-state index contributed by atoms with van der Waals surface area (Å²) in [5.41, 5.74) is 1.42. The third-order valence-corrected chi connectivity index (χ3v) is 2.93. The third kappa shape index (κ3) is 2.27. The number of benzene rings is 1. The Hall–Kier alpha value is -2.43. The minimum absolute atomic E-state index is 0.230. The first-order chi connectivity index (χ1) is 8.91. The Morgan fingerprint density at radius 3 is 2.53 bits per heavy atom. The van der Waals surface area contributed by atoms with Crippen molar-refractivity contribution >= 4 is 5.97 Å². The van der Waals surface area contributed by atoms with Crippen molar-refractivity contribution < 1.29 is 19.4 Å². The lowest BCUT2D eigenvalue weighted by Crippen LogP contribution is -2.03. The van der Waals surface area contributed by atoms with Crippen LogP contribution in [0, 0.1) is 19.7 Å². The number of aromatic nitrogens is 1. The van der Waals surface area contributed by atoms with Gasteiger partial charge in [0.1, 0.15) is 17.1 Å². The summed E-state index contributed by atoms with van der Waals surface area (Å²) < 4.78 is 13.1. The van der Waals surface area contributed by atoms with Gasteiger partial charge in [0.25, 0.3) is 0 Å². The van der Waals surface area contributed by atoms with Crippen molar-refractivity contribution in [3.05, 3.63) is 47.0 Å². The number of hydrogen-bond acceptors (Lipinski definition) is 3. The summed E-state index contributed by atoms with van der Waals surface area (Å²) in [6.07, 6.45) is 1.39. The van der Waals surface area contributed by atoms with Gasteiger partial charge in [-0.25, -0.2) is 9.18 Å². The predicted molar refractivity (Wildman–Crippen MR) is 67.7 cm³/mol. The van der Waals surface area contributed by atoms with Crippen LogP contribution >= 0.6 is 0 Å². The van der Waals surface area contributed by atoms with Crippen LogP contribution in [0.2, 0.25) is 0 Å². The number of carboxylic acids is 1. The molecule has 0 aliphatic rings. The lowest BCUT2D eigenvalue weighted by atomic mass is 9.98. The number of nitrogens with zero attached hydrogens (tertiary/aromatic N) is 1. The summed E-state index contributed by atoms with van der Waals surface area (Å²) in [5.74, 6) is -1.99. The van der Waals surface area contributed by atoms with Gasteiger partial charge in [0.2, 0.25) is 0 Å². The molecule has 0 amide bonds. The molecule has 0 unspecified atom stereocenters.